The summed E-state index contributed by atoms with van der Waals surface area (Å²) in [5.74, 6) is 1.66. The molecule has 0 aliphatic carbocycles. The third-order valence-electron chi connectivity index (χ3n) is 2.52. The van der Waals surface area contributed by atoms with Crippen LogP contribution < -0.4 is 5.32 Å². The van der Waals surface area contributed by atoms with Crippen LogP contribution in [0.5, 0.6) is 0 Å². The molecule has 18 heavy (non-hydrogen) atoms. The number of rotatable bonds is 7. The minimum atomic E-state index is -0.386. The summed E-state index contributed by atoms with van der Waals surface area (Å²) in [5, 5.41) is 3.21. The van der Waals surface area contributed by atoms with E-state index in [0.29, 0.717) is 11.5 Å². The Labute approximate surface area is 112 Å². The lowest BCUT2D eigenvalue weighted by Gasteiger charge is -2.19. The summed E-state index contributed by atoms with van der Waals surface area (Å²) in [7, 11) is 0. The second kappa shape index (κ2) is 7.74. The molecule has 1 aromatic rings. The topological polar surface area (TPSA) is 12.0 Å². The van der Waals surface area contributed by atoms with Crippen molar-refractivity contribution >= 4 is 11.8 Å². The number of hydrogen-bond acceptors (Lipinski definition) is 2. The Morgan fingerprint density at radius 2 is 1.94 bits per heavy atom. The third kappa shape index (κ3) is 4.94. The monoisotopic (exact) mass is 273 g/mol. The van der Waals surface area contributed by atoms with Gasteiger partial charge in [0.2, 0.25) is 0 Å². The van der Waals surface area contributed by atoms with Crippen LogP contribution in [0.15, 0.2) is 18.2 Å². The maximum absolute atomic E-state index is 13.7. The Morgan fingerprint density at radius 1 is 1.22 bits per heavy atom. The van der Waals surface area contributed by atoms with E-state index in [0.717, 1.165) is 24.1 Å². The van der Waals surface area contributed by atoms with Crippen molar-refractivity contribution in [2.24, 2.45) is 5.92 Å². The van der Waals surface area contributed by atoms with Crippen LogP contribution >= 0.6 is 11.8 Å². The van der Waals surface area contributed by atoms with Crippen LogP contribution in [0.4, 0.5) is 8.78 Å². The van der Waals surface area contributed by atoms with Crippen molar-refractivity contribution in [2.75, 3.05) is 18.1 Å². The van der Waals surface area contributed by atoms with Gasteiger partial charge in [0.25, 0.3) is 0 Å². The molecule has 0 fully saturated rings. The van der Waals surface area contributed by atoms with Gasteiger partial charge in [0.15, 0.2) is 0 Å². The summed E-state index contributed by atoms with van der Waals surface area (Å²) >= 11 is 1.77. The highest BCUT2D eigenvalue weighted by molar-refractivity contribution is 7.99. The van der Waals surface area contributed by atoms with E-state index in [1.165, 1.54) is 12.1 Å². The molecule has 0 saturated heterocycles. The van der Waals surface area contributed by atoms with Crippen molar-refractivity contribution in [3.05, 3.63) is 35.4 Å². The van der Waals surface area contributed by atoms with Gasteiger partial charge in [-0.15, -0.1) is 0 Å². The summed E-state index contributed by atoms with van der Waals surface area (Å²) in [6.45, 7) is 7.01. The van der Waals surface area contributed by atoms with Gasteiger partial charge in [0, 0.05) is 17.4 Å². The van der Waals surface area contributed by atoms with Crippen LogP contribution in [0.25, 0.3) is 0 Å². The molecule has 0 spiro atoms. The first kappa shape index (κ1) is 15.4. The normalized spacial score (nSPS) is 13.0. The quantitative estimate of drug-likeness (QED) is 0.805. The Hall–Kier alpha value is -0.610. The number of benzene rings is 1. The molecule has 4 heteroatoms. The Balaban J connectivity index is 2.73. The molecule has 0 saturated carbocycles. The van der Waals surface area contributed by atoms with Crippen LogP contribution in [0.3, 0.4) is 0 Å². The Bertz CT molecular complexity index is 369. The molecular weight excluding hydrogens is 252 g/mol. The van der Waals surface area contributed by atoms with E-state index in [4.69, 9.17) is 0 Å². The molecule has 0 aliphatic heterocycles. The second-order valence-corrected chi connectivity index (χ2v) is 5.78. The molecule has 1 rings (SSSR count). The van der Waals surface area contributed by atoms with Crippen molar-refractivity contribution in [3.63, 3.8) is 0 Å². The van der Waals surface area contributed by atoms with Crippen LogP contribution in [0.2, 0.25) is 0 Å². The average molecular weight is 273 g/mol. The van der Waals surface area contributed by atoms with Crippen LogP contribution in [0, 0.1) is 17.6 Å². The van der Waals surface area contributed by atoms with Gasteiger partial charge < -0.3 is 5.32 Å². The molecule has 0 aromatic heterocycles. The highest BCUT2D eigenvalue weighted by Crippen LogP contribution is 2.23. The smallest absolute Gasteiger partial charge is 0.128 e. The number of hydrogen-bond donors (Lipinski definition) is 1. The number of nitrogens with one attached hydrogen (secondary N) is 1. The fourth-order valence-electron chi connectivity index (χ4n) is 1.71. The van der Waals surface area contributed by atoms with Crippen molar-refractivity contribution in [1.29, 1.82) is 0 Å². The lowest BCUT2D eigenvalue weighted by Crippen LogP contribution is -2.24. The maximum atomic E-state index is 13.7. The molecule has 1 N–H and O–H groups in total. The predicted molar refractivity (Wildman–Crippen MR) is 74.9 cm³/mol. The summed E-state index contributed by atoms with van der Waals surface area (Å²) in [4.78, 5) is 0. The number of halogens is 2. The molecule has 0 aliphatic rings. The van der Waals surface area contributed by atoms with Gasteiger partial charge in [0.05, 0.1) is 0 Å². The fraction of sp³-hybridized carbons (Fsp3) is 0.571. The van der Waals surface area contributed by atoms with Crippen LogP contribution in [0.1, 0.15) is 32.4 Å². The van der Waals surface area contributed by atoms with Gasteiger partial charge in [-0.25, -0.2) is 8.78 Å². The summed E-state index contributed by atoms with van der Waals surface area (Å²) in [6, 6.07) is 3.51. The highest BCUT2D eigenvalue weighted by atomic mass is 32.2. The largest absolute Gasteiger partial charge is 0.309 e. The Kier molecular flexibility index (Phi) is 6.65. The summed E-state index contributed by atoms with van der Waals surface area (Å²) in [5.41, 5.74) is 0.424. The first-order valence-corrected chi connectivity index (χ1v) is 7.46. The van der Waals surface area contributed by atoms with E-state index in [1.807, 2.05) is 6.92 Å². The van der Waals surface area contributed by atoms with Gasteiger partial charge in [-0.05, 0) is 36.4 Å². The summed E-state index contributed by atoms with van der Waals surface area (Å²) in [6.07, 6.45) is 0. The van der Waals surface area contributed by atoms with Crippen molar-refractivity contribution in [2.45, 2.75) is 26.8 Å². The average Bonchev–Trinajstić information content (AvgIpc) is 2.31. The molecule has 102 valence electrons. The molecule has 0 radical (unpaired) electrons. The van der Waals surface area contributed by atoms with Crippen molar-refractivity contribution in [1.82, 2.24) is 5.32 Å². The predicted octanol–water partition coefficient (Wildman–Crippen LogP) is 4.00. The molecule has 0 heterocycles. The van der Waals surface area contributed by atoms with Gasteiger partial charge in [0.1, 0.15) is 11.6 Å². The molecule has 0 amide bonds. The molecule has 1 aromatic carbocycles. The van der Waals surface area contributed by atoms with Gasteiger partial charge in [-0.1, -0.05) is 20.8 Å². The Morgan fingerprint density at radius 3 is 2.56 bits per heavy atom. The SMILES string of the molecule is CCNC(CSCC(C)C)c1cc(F)ccc1F. The molecule has 1 atom stereocenters. The van der Waals surface area contributed by atoms with Gasteiger partial charge in [-0.2, -0.15) is 11.8 Å². The van der Waals surface area contributed by atoms with Gasteiger partial charge in [-0.3, -0.25) is 0 Å². The minimum absolute atomic E-state index is 0.130. The van der Waals surface area contributed by atoms with Crippen molar-refractivity contribution in [3.8, 4) is 0 Å². The standard InChI is InChI=1S/C14H21F2NS/c1-4-17-14(9-18-8-10(2)3)12-7-11(15)5-6-13(12)16/h5-7,10,14,17H,4,8-9H2,1-3H3. The fourth-order valence-corrected chi connectivity index (χ4v) is 2.85. The van der Waals surface area contributed by atoms with E-state index in [1.54, 1.807) is 11.8 Å². The zero-order chi connectivity index (χ0) is 13.5. The second-order valence-electron chi connectivity index (χ2n) is 4.71. The van der Waals surface area contributed by atoms with Gasteiger partial charge >= 0.3 is 0 Å². The lowest BCUT2D eigenvalue weighted by molar-refractivity contribution is 0.533. The van der Waals surface area contributed by atoms with E-state index in [-0.39, 0.29) is 17.7 Å². The molecule has 0 bridgehead atoms. The maximum Gasteiger partial charge on any atom is 0.128 e. The van der Waals surface area contributed by atoms with E-state index < -0.39 is 0 Å². The highest BCUT2D eigenvalue weighted by Gasteiger charge is 2.15. The molecular formula is C14H21F2NS. The third-order valence-corrected chi connectivity index (χ3v) is 3.99. The summed E-state index contributed by atoms with van der Waals surface area (Å²) < 4.78 is 26.9. The number of thioether (sulfide) groups is 1. The first-order chi connectivity index (χ1) is 8.54. The van der Waals surface area contributed by atoms with Crippen molar-refractivity contribution < 1.29 is 8.78 Å². The van der Waals surface area contributed by atoms with E-state index in [2.05, 4.69) is 19.2 Å². The van der Waals surface area contributed by atoms with Crippen LogP contribution in [-0.4, -0.2) is 18.1 Å². The van der Waals surface area contributed by atoms with Crippen LogP contribution in [-0.2, 0) is 0 Å². The zero-order valence-electron chi connectivity index (χ0n) is 11.2. The zero-order valence-corrected chi connectivity index (χ0v) is 12.0. The lowest BCUT2D eigenvalue weighted by atomic mass is 10.1. The minimum Gasteiger partial charge on any atom is -0.309 e. The molecule has 1 unspecified atom stereocenters. The molecule has 1 nitrogen and oxygen atoms in total. The first-order valence-electron chi connectivity index (χ1n) is 6.30. The van der Waals surface area contributed by atoms with E-state index >= 15 is 0 Å². The van der Waals surface area contributed by atoms with E-state index in [9.17, 15) is 8.78 Å².